The number of ether oxygens (including phenoxy) is 1. The lowest BCUT2D eigenvalue weighted by atomic mass is 10.3. The van der Waals surface area contributed by atoms with Crippen LogP contribution in [-0.2, 0) is 6.54 Å². The summed E-state index contributed by atoms with van der Waals surface area (Å²) in [5.74, 6) is 1.11. The van der Waals surface area contributed by atoms with Crippen molar-refractivity contribution in [2.45, 2.75) is 13.5 Å². The minimum absolute atomic E-state index is 0.269. The average molecular weight is 237 g/mol. The van der Waals surface area contributed by atoms with Gasteiger partial charge in [0.25, 0.3) is 0 Å². The third-order valence-electron chi connectivity index (χ3n) is 2.17. The highest BCUT2D eigenvalue weighted by molar-refractivity contribution is 5.49. The standard InChI is InChI=1S/C11H12FN3O2/c1-7-14-15-11(17-7)6-13-10-5-8(16-2)3-4-9(10)12/h3-5,13H,6H2,1-2H3. The molecule has 0 fully saturated rings. The zero-order valence-corrected chi connectivity index (χ0v) is 9.53. The molecule has 0 saturated heterocycles. The van der Waals surface area contributed by atoms with Crippen LogP contribution in [0.1, 0.15) is 11.8 Å². The number of halogens is 1. The van der Waals surface area contributed by atoms with Crippen LogP contribution in [0.2, 0.25) is 0 Å². The zero-order chi connectivity index (χ0) is 12.3. The molecule has 17 heavy (non-hydrogen) atoms. The van der Waals surface area contributed by atoms with Crippen LogP contribution < -0.4 is 10.1 Å². The van der Waals surface area contributed by atoms with E-state index in [0.717, 1.165) is 0 Å². The number of aromatic nitrogens is 2. The molecule has 2 rings (SSSR count). The van der Waals surface area contributed by atoms with Gasteiger partial charge in [0.15, 0.2) is 0 Å². The second-order valence-corrected chi connectivity index (χ2v) is 3.41. The molecular weight excluding hydrogens is 225 g/mol. The van der Waals surface area contributed by atoms with Crippen molar-refractivity contribution in [3.05, 3.63) is 35.8 Å². The Morgan fingerprint density at radius 3 is 2.88 bits per heavy atom. The Balaban J connectivity index is 2.07. The molecule has 1 aromatic heterocycles. The van der Waals surface area contributed by atoms with Crippen LogP contribution in [0.3, 0.4) is 0 Å². The normalized spacial score (nSPS) is 10.3. The predicted molar refractivity (Wildman–Crippen MR) is 59.3 cm³/mol. The molecule has 1 N–H and O–H groups in total. The number of hydrogen-bond donors (Lipinski definition) is 1. The molecule has 0 aliphatic carbocycles. The van der Waals surface area contributed by atoms with Crippen molar-refractivity contribution in [3.8, 4) is 5.75 Å². The maximum Gasteiger partial charge on any atom is 0.235 e. The molecule has 6 heteroatoms. The lowest BCUT2D eigenvalue weighted by Gasteiger charge is -2.07. The van der Waals surface area contributed by atoms with E-state index in [0.29, 0.717) is 23.2 Å². The van der Waals surface area contributed by atoms with E-state index >= 15 is 0 Å². The molecular formula is C11H12FN3O2. The number of methoxy groups -OCH3 is 1. The van der Waals surface area contributed by atoms with E-state index in [1.165, 1.54) is 13.2 Å². The van der Waals surface area contributed by atoms with E-state index in [9.17, 15) is 4.39 Å². The minimum atomic E-state index is -0.359. The van der Waals surface area contributed by atoms with Crippen LogP contribution in [0.15, 0.2) is 22.6 Å². The van der Waals surface area contributed by atoms with Crippen molar-refractivity contribution in [3.63, 3.8) is 0 Å². The summed E-state index contributed by atoms with van der Waals surface area (Å²) in [5.41, 5.74) is 0.334. The molecule has 1 heterocycles. The van der Waals surface area contributed by atoms with Gasteiger partial charge in [0.2, 0.25) is 11.8 Å². The highest BCUT2D eigenvalue weighted by Crippen LogP contribution is 2.21. The Morgan fingerprint density at radius 1 is 1.41 bits per heavy atom. The van der Waals surface area contributed by atoms with Crippen LogP contribution in [-0.4, -0.2) is 17.3 Å². The molecule has 0 unspecified atom stereocenters. The molecule has 0 aliphatic rings. The molecule has 0 amide bonds. The number of hydrogen-bond acceptors (Lipinski definition) is 5. The summed E-state index contributed by atoms with van der Waals surface area (Å²) in [4.78, 5) is 0. The number of benzene rings is 1. The molecule has 90 valence electrons. The van der Waals surface area contributed by atoms with E-state index in [4.69, 9.17) is 9.15 Å². The fraction of sp³-hybridized carbons (Fsp3) is 0.273. The quantitative estimate of drug-likeness (QED) is 0.882. The van der Waals surface area contributed by atoms with Crippen LogP contribution in [0.5, 0.6) is 5.75 Å². The predicted octanol–water partition coefficient (Wildman–Crippen LogP) is 2.14. The lowest BCUT2D eigenvalue weighted by Crippen LogP contribution is -2.02. The summed E-state index contributed by atoms with van der Waals surface area (Å²) in [6.45, 7) is 1.97. The number of rotatable bonds is 4. The van der Waals surface area contributed by atoms with Gasteiger partial charge in [-0.25, -0.2) is 4.39 Å². The van der Waals surface area contributed by atoms with Gasteiger partial charge < -0.3 is 14.5 Å². The smallest absolute Gasteiger partial charge is 0.235 e. The van der Waals surface area contributed by atoms with E-state index in [2.05, 4.69) is 15.5 Å². The summed E-state index contributed by atoms with van der Waals surface area (Å²) < 4.78 is 23.6. The van der Waals surface area contributed by atoms with Crippen LogP contribution in [0.25, 0.3) is 0 Å². The van der Waals surface area contributed by atoms with Crippen molar-refractivity contribution in [2.75, 3.05) is 12.4 Å². The first-order chi connectivity index (χ1) is 8.19. The van der Waals surface area contributed by atoms with Gasteiger partial charge in [-0.2, -0.15) is 0 Å². The third-order valence-corrected chi connectivity index (χ3v) is 2.17. The third kappa shape index (κ3) is 2.72. The van der Waals surface area contributed by atoms with Crippen molar-refractivity contribution >= 4 is 5.69 Å². The highest BCUT2D eigenvalue weighted by Gasteiger charge is 2.06. The molecule has 0 aliphatic heterocycles. The maximum absolute atomic E-state index is 13.4. The van der Waals surface area contributed by atoms with E-state index in [-0.39, 0.29) is 12.4 Å². The molecule has 5 nitrogen and oxygen atoms in total. The van der Waals surface area contributed by atoms with Gasteiger partial charge in [-0.15, -0.1) is 10.2 Å². The van der Waals surface area contributed by atoms with Gasteiger partial charge in [-0.3, -0.25) is 0 Å². The monoisotopic (exact) mass is 237 g/mol. The summed E-state index contributed by atoms with van der Waals surface area (Å²) in [6, 6.07) is 4.45. The van der Waals surface area contributed by atoms with Gasteiger partial charge in [0.1, 0.15) is 11.6 Å². The first kappa shape index (κ1) is 11.4. The Morgan fingerprint density at radius 2 is 2.24 bits per heavy atom. The van der Waals surface area contributed by atoms with Crippen molar-refractivity contribution in [1.29, 1.82) is 0 Å². The number of aryl methyl sites for hydroxylation is 1. The second-order valence-electron chi connectivity index (χ2n) is 3.41. The van der Waals surface area contributed by atoms with Gasteiger partial charge in [-0.05, 0) is 12.1 Å². The summed E-state index contributed by atoms with van der Waals surface area (Å²) in [7, 11) is 1.53. The first-order valence-corrected chi connectivity index (χ1v) is 5.05. The SMILES string of the molecule is COc1ccc(F)c(NCc2nnc(C)o2)c1. The Bertz CT molecular complexity index is 513. The molecule has 2 aromatic rings. The molecule has 0 spiro atoms. The van der Waals surface area contributed by atoms with Crippen molar-refractivity contribution < 1.29 is 13.5 Å². The number of nitrogens with zero attached hydrogens (tertiary/aromatic N) is 2. The highest BCUT2D eigenvalue weighted by atomic mass is 19.1. The Hall–Kier alpha value is -2.11. The fourth-order valence-corrected chi connectivity index (χ4v) is 1.35. The summed E-state index contributed by atoms with van der Waals surface area (Å²) in [6.07, 6.45) is 0. The van der Waals surface area contributed by atoms with Crippen LogP contribution >= 0.6 is 0 Å². The Kier molecular flexibility index (Phi) is 3.22. The molecule has 0 saturated carbocycles. The number of nitrogens with one attached hydrogen (secondary N) is 1. The lowest BCUT2D eigenvalue weighted by molar-refractivity contribution is 0.414. The van der Waals surface area contributed by atoms with Crippen LogP contribution in [0.4, 0.5) is 10.1 Å². The van der Waals surface area contributed by atoms with E-state index in [1.54, 1.807) is 19.1 Å². The van der Waals surface area contributed by atoms with Crippen molar-refractivity contribution in [1.82, 2.24) is 10.2 Å². The summed E-state index contributed by atoms with van der Waals surface area (Å²) >= 11 is 0. The largest absolute Gasteiger partial charge is 0.497 e. The maximum atomic E-state index is 13.4. The van der Waals surface area contributed by atoms with Gasteiger partial charge in [-0.1, -0.05) is 0 Å². The van der Waals surface area contributed by atoms with Crippen LogP contribution in [0, 0.1) is 12.7 Å². The molecule has 0 bridgehead atoms. The van der Waals surface area contributed by atoms with Gasteiger partial charge >= 0.3 is 0 Å². The molecule has 0 radical (unpaired) electrons. The minimum Gasteiger partial charge on any atom is -0.497 e. The number of anilines is 1. The average Bonchev–Trinajstić information content (AvgIpc) is 2.74. The van der Waals surface area contributed by atoms with Crippen molar-refractivity contribution in [2.24, 2.45) is 0 Å². The second kappa shape index (κ2) is 4.82. The Labute approximate surface area is 97.6 Å². The van der Waals surface area contributed by atoms with E-state index in [1.807, 2.05) is 0 Å². The summed E-state index contributed by atoms with van der Waals surface area (Å²) in [5, 5.41) is 10.3. The van der Waals surface area contributed by atoms with Gasteiger partial charge in [0, 0.05) is 13.0 Å². The molecule has 0 atom stereocenters. The molecule has 1 aromatic carbocycles. The fourth-order valence-electron chi connectivity index (χ4n) is 1.35. The van der Waals surface area contributed by atoms with Gasteiger partial charge in [0.05, 0.1) is 19.3 Å². The van der Waals surface area contributed by atoms with E-state index < -0.39 is 0 Å². The zero-order valence-electron chi connectivity index (χ0n) is 9.53. The topological polar surface area (TPSA) is 60.2 Å². The first-order valence-electron chi connectivity index (χ1n) is 5.05.